The summed E-state index contributed by atoms with van der Waals surface area (Å²) >= 11 is 0. The average Bonchev–Trinajstić information content (AvgIpc) is 2.85. The molecule has 0 aliphatic carbocycles. The molecule has 0 spiro atoms. The third-order valence-electron chi connectivity index (χ3n) is 3.13. The topological polar surface area (TPSA) is 67.5 Å². The summed E-state index contributed by atoms with van der Waals surface area (Å²) in [5.74, 6) is 0.0646. The van der Waals surface area contributed by atoms with E-state index in [4.69, 9.17) is 14.7 Å². The number of rotatable bonds is 4. The molecule has 3 aromatic rings. The fourth-order valence-corrected chi connectivity index (χ4v) is 2.18. The molecule has 0 saturated heterocycles. The standard InChI is InChI=1S/C14H12BFN2O3/c16-13-5-7-17-14-12(13)6-8-18(14)9-10-1-3-11(4-2-10)21-15(19)20/h1-8,19-20H,9H2. The summed E-state index contributed by atoms with van der Waals surface area (Å²) in [7, 11) is -1.84. The highest BCUT2D eigenvalue weighted by molar-refractivity contribution is 6.33. The first-order chi connectivity index (χ1) is 10.1. The van der Waals surface area contributed by atoms with Crippen LogP contribution in [0.3, 0.4) is 0 Å². The molecule has 1 aromatic carbocycles. The number of hydrogen-bond donors (Lipinski definition) is 2. The van der Waals surface area contributed by atoms with Gasteiger partial charge in [-0.25, -0.2) is 9.37 Å². The molecule has 106 valence electrons. The lowest BCUT2D eigenvalue weighted by Crippen LogP contribution is -2.20. The molecule has 0 saturated carbocycles. The van der Waals surface area contributed by atoms with Crippen molar-refractivity contribution in [2.45, 2.75) is 6.54 Å². The third kappa shape index (κ3) is 2.88. The van der Waals surface area contributed by atoms with Gasteiger partial charge in [0.15, 0.2) is 0 Å². The largest absolute Gasteiger partial charge is 0.707 e. The van der Waals surface area contributed by atoms with Crippen LogP contribution in [0.4, 0.5) is 4.39 Å². The molecule has 7 heteroatoms. The predicted octanol–water partition coefficient (Wildman–Crippen LogP) is 1.57. The number of pyridine rings is 1. The number of nitrogens with zero attached hydrogens (tertiary/aromatic N) is 2. The van der Waals surface area contributed by atoms with Gasteiger partial charge >= 0.3 is 7.32 Å². The van der Waals surface area contributed by atoms with Crippen molar-refractivity contribution in [2.75, 3.05) is 0 Å². The van der Waals surface area contributed by atoms with Gasteiger partial charge in [0.2, 0.25) is 0 Å². The number of fused-ring (bicyclic) bond motifs is 1. The second kappa shape index (κ2) is 5.55. The van der Waals surface area contributed by atoms with E-state index in [1.807, 2.05) is 4.57 Å². The minimum absolute atomic E-state index is 0.292. The lowest BCUT2D eigenvalue weighted by molar-refractivity contribution is 0.288. The van der Waals surface area contributed by atoms with Gasteiger partial charge < -0.3 is 19.3 Å². The van der Waals surface area contributed by atoms with Gasteiger partial charge in [-0.2, -0.15) is 0 Å². The summed E-state index contributed by atoms with van der Waals surface area (Å²) in [6.07, 6.45) is 3.22. The summed E-state index contributed by atoms with van der Waals surface area (Å²) in [5, 5.41) is 17.9. The van der Waals surface area contributed by atoms with Gasteiger partial charge in [0.05, 0.1) is 5.39 Å². The molecule has 0 bridgehead atoms. The molecule has 3 rings (SSSR count). The molecule has 2 heterocycles. The lowest BCUT2D eigenvalue weighted by atomic mass is 10.2. The van der Waals surface area contributed by atoms with E-state index in [1.54, 1.807) is 36.5 Å². The number of benzene rings is 1. The molecule has 0 unspecified atom stereocenters. The fraction of sp³-hybridized carbons (Fsp3) is 0.0714. The van der Waals surface area contributed by atoms with Gasteiger partial charge in [0, 0.05) is 18.9 Å². The van der Waals surface area contributed by atoms with Crippen molar-refractivity contribution < 1.29 is 19.1 Å². The maximum Gasteiger partial charge on any atom is 0.707 e. The zero-order chi connectivity index (χ0) is 14.8. The average molecular weight is 286 g/mol. The molecule has 0 atom stereocenters. The van der Waals surface area contributed by atoms with E-state index in [1.165, 1.54) is 12.3 Å². The van der Waals surface area contributed by atoms with Gasteiger partial charge in [0.25, 0.3) is 0 Å². The Bertz CT molecular complexity index is 759. The predicted molar refractivity (Wildman–Crippen MR) is 76.1 cm³/mol. The van der Waals surface area contributed by atoms with E-state index >= 15 is 0 Å². The van der Waals surface area contributed by atoms with Crippen molar-refractivity contribution in [3.05, 3.63) is 60.2 Å². The van der Waals surface area contributed by atoms with E-state index in [-0.39, 0.29) is 5.82 Å². The van der Waals surface area contributed by atoms with Crippen LogP contribution in [0, 0.1) is 5.82 Å². The quantitative estimate of drug-likeness (QED) is 0.714. The van der Waals surface area contributed by atoms with Gasteiger partial charge in [-0.15, -0.1) is 0 Å². The van der Waals surface area contributed by atoms with Crippen LogP contribution >= 0.6 is 0 Å². The molecular formula is C14H12BFN2O3. The Hall–Kier alpha value is -2.38. The molecule has 0 aliphatic rings. The summed E-state index contributed by atoms with van der Waals surface area (Å²) in [5.41, 5.74) is 1.54. The maximum absolute atomic E-state index is 13.6. The summed E-state index contributed by atoms with van der Waals surface area (Å²) < 4.78 is 20.2. The Balaban J connectivity index is 1.83. The monoisotopic (exact) mass is 286 g/mol. The maximum atomic E-state index is 13.6. The smallest absolute Gasteiger partial charge is 0.512 e. The zero-order valence-electron chi connectivity index (χ0n) is 11.0. The van der Waals surface area contributed by atoms with Gasteiger partial charge in [-0.05, 0) is 29.8 Å². The number of aromatic nitrogens is 2. The zero-order valence-corrected chi connectivity index (χ0v) is 11.0. The molecule has 0 fully saturated rings. The van der Waals surface area contributed by atoms with E-state index in [0.717, 1.165) is 5.56 Å². The highest BCUT2D eigenvalue weighted by Crippen LogP contribution is 2.19. The van der Waals surface area contributed by atoms with E-state index in [9.17, 15) is 4.39 Å². The van der Waals surface area contributed by atoms with Crippen LogP contribution in [-0.2, 0) is 6.54 Å². The highest BCUT2D eigenvalue weighted by Gasteiger charge is 2.11. The molecular weight excluding hydrogens is 274 g/mol. The van der Waals surface area contributed by atoms with Crippen LogP contribution in [0.5, 0.6) is 5.75 Å². The Kier molecular flexibility index (Phi) is 3.59. The Morgan fingerprint density at radius 3 is 2.62 bits per heavy atom. The van der Waals surface area contributed by atoms with Crippen molar-refractivity contribution in [2.24, 2.45) is 0 Å². The SMILES string of the molecule is OB(O)Oc1ccc(Cn2ccc3c(F)ccnc32)cc1. The Morgan fingerprint density at radius 1 is 1.14 bits per heavy atom. The van der Waals surface area contributed by atoms with Crippen LogP contribution in [0.1, 0.15) is 5.56 Å². The van der Waals surface area contributed by atoms with E-state index in [2.05, 4.69) is 4.98 Å². The van der Waals surface area contributed by atoms with E-state index in [0.29, 0.717) is 23.3 Å². The van der Waals surface area contributed by atoms with E-state index < -0.39 is 7.32 Å². The van der Waals surface area contributed by atoms with Crippen molar-refractivity contribution in [3.8, 4) is 5.75 Å². The Labute approximate surface area is 120 Å². The van der Waals surface area contributed by atoms with Crippen molar-refractivity contribution >= 4 is 18.4 Å². The first kappa shape index (κ1) is 13.6. The molecule has 2 N–H and O–H groups in total. The van der Waals surface area contributed by atoms with Crippen LogP contribution < -0.4 is 4.65 Å². The normalized spacial score (nSPS) is 10.8. The highest BCUT2D eigenvalue weighted by atomic mass is 19.1. The van der Waals surface area contributed by atoms with Crippen LogP contribution in [0.25, 0.3) is 11.0 Å². The van der Waals surface area contributed by atoms with Crippen LogP contribution in [0.15, 0.2) is 48.8 Å². The van der Waals surface area contributed by atoms with Crippen molar-refractivity contribution in [1.29, 1.82) is 0 Å². The summed E-state index contributed by atoms with van der Waals surface area (Å²) in [6.45, 7) is 0.530. The van der Waals surface area contributed by atoms with Crippen LogP contribution in [0.2, 0.25) is 0 Å². The number of halogens is 1. The Morgan fingerprint density at radius 2 is 1.90 bits per heavy atom. The van der Waals surface area contributed by atoms with Crippen LogP contribution in [-0.4, -0.2) is 26.9 Å². The van der Waals surface area contributed by atoms with Gasteiger partial charge in [-0.3, -0.25) is 0 Å². The molecule has 5 nitrogen and oxygen atoms in total. The molecule has 0 aliphatic heterocycles. The lowest BCUT2D eigenvalue weighted by Gasteiger charge is -2.07. The van der Waals surface area contributed by atoms with Gasteiger partial charge in [-0.1, -0.05) is 12.1 Å². The third-order valence-corrected chi connectivity index (χ3v) is 3.13. The molecule has 0 radical (unpaired) electrons. The molecule has 21 heavy (non-hydrogen) atoms. The van der Waals surface area contributed by atoms with Crippen molar-refractivity contribution in [1.82, 2.24) is 9.55 Å². The summed E-state index contributed by atoms with van der Waals surface area (Å²) in [4.78, 5) is 4.19. The first-order valence-corrected chi connectivity index (χ1v) is 6.34. The number of hydrogen-bond acceptors (Lipinski definition) is 4. The second-order valence-electron chi connectivity index (χ2n) is 4.56. The molecule has 0 amide bonds. The summed E-state index contributed by atoms with van der Waals surface area (Å²) in [6, 6.07) is 9.88. The first-order valence-electron chi connectivity index (χ1n) is 6.34. The van der Waals surface area contributed by atoms with Gasteiger partial charge in [0.1, 0.15) is 17.2 Å². The second-order valence-corrected chi connectivity index (χ2v) is 4.56. The fourth-order valence-electron chi connectivity index (χ4n) is 2.18. The minimum atomic E-state index is -1.84. The van der Waals surface area contributed by atoms with Crippen molar-refractivity contribution in [3.63, 3.8) is 0 Å². The molecule has 2 aromatic heterocycles. The minimum Gasteiger partial charge on any atom is -0.512 e.